The average molecular weight is 293 g/mol. The summed E-state index contributed by atoms with van der Waals surface area (Å²) in [4.78, 5) is 23.2. The van der Waals surface area contributed by atoms with E-state index in [1.807, 2.05) is 0 Å². The molecule has 2 rings (SSSR count). The van der Waals surface area contributed by atoms with E-state index in [1.54, 1.807) is 19.1 Å². The number of benzene rings is 1. The summed E-state index contributed by atoms with van der Waals surface area (Å²) in [5, 5.41) is 22.4. The number of carbonyl (C=O) groups is 2. The van der Waals surface area contributed by atoms with Crippen molar-refractivity contribution in [2.45, 2.75) is 38.0 Å². The normalized spacial score (nSPS) is 16.9. The molecular weight excluding hydrogens is 274 g/mol. The van der Waals surface area contributed by atoms with Gasteiger partial charge in [-0.3, -0.25) is 4.79 Å². The van der Waals surface area contributed by atoms with Gasteiger partial charge in [0.25, 0.3) is 5.91 Å². The van der Waals surface area contributed by atoms with Crippen molar-refractivity contribution in [3.63, 3.8) is 0 Å². The maximum atomic E-state index is 11.8. The third-order valence-electron chi connectivity index (χ3n) is 3.25. The van der Waals surface area contributed by atoms with Gasteiger partial charge in [0.05, 0.1) is 6.61 Å². The van der Waals surface area contributed by atoms with Crippen molar-refractivity contribution < 1.29 is 24.5 Å². The maximum Gasteiger partial charge on any atom is 0.338 e. The molecule has 1 fully saturated rings. The number of nitrogens with one attached hydrogen (secondary N) is 1. The molecule has 21 heavy (non-hydrogen) atoms. The van der Waals surface area contributed by atoms with E-state index in [0.717, 1.165) is 12.8 Å². The first kappa shape index (κ1) is 15.5. The Balaban J connectivity index is 2.00. The zero-order chi connectivity index (χ0) is 15.4. The lowest BCUT2D eigenvalue weighted by molar-refractivity contribution is -0.159. The molecule has 6 nitrogen and oxygen atoms in total. The molecular formula is C15H19NO5. The zero-order valence-electron chi connectivity index (χ0n) is 11.8. The molecule has 1 aromatic carbocycles. The molecule has 1 aliphatic carbocycles. The molecule has 1 amide bonds. The van der Waals surface area contributed by atoms with Crippen LogP contribution in [0.5, 0.6) is 0 Å². The monoisotopic (exact) mass is 293 g/mol. The average Bonchev–Trinajstić information content (AvgIpc) is 3.30. The molecule has 1 saturated carbocycles. The largest absolute Gasteiger partial charge is 0.464 e. The highest BCUT2D eigenvalue weighted by Crippen LogP contribution is 2.21. The van der Waals surface area contributed by atoms with Crippen LogP contribution in [0.3, 0.4) is 0 Å². The minimum absolute atomic E-state index is 0.128. The second-order valence-electron chi connectivity index (χ2n) is 5.01. The van der Waals surface area contributed by atoms with Gasteiger partial charge in [-0.15, -0.1) is 0 Å². The molecule has 6 heteroatoms. The summed E-state index contributed by atoms with van der Waals surface area (Å²) in [7, 11) is 0. The molecule has 114 valence electrons. The van der Waals surface area contributed by atoms with Gasteiger partial charge in [-0.25, -0.2) is 4.79 Å². The molecule has 0 spiro atoms. The number of carbonyl (C=O) groups excluding carboxylic acids is 2. The minimum Gasteiger partial charge on any atom is -0.464 e. The molecule has 1 aliphatic rings. The van der Waals surface area contributed by atoms with Crippen LogP contribution in [-0.2, 0) is 9.53 Å². The van der Waals surface area contributed by atoms with Crippen LogP contribution in [0.15, 0.2) is 24.3 Å². The van der Waals surface area contributed by atoms with Gasteiger partial charge in [-0.05, 0) is 37.5 Å². The summed E-state index contributed by atoms with van der Waals surface area (Å²) in [6.07, 6.45) is -1.01. The number of hydrogen-bond donors (Lipinski definition) is 3. The summed E-state index contributed by atoms with van der Waals surface area (Å²) in [5.41, 5.74) is 0.821. The van der Waals surface area contributed by atoms with Gasteiger partial charge in [0.2, 0.25) is 0 Å². The third-order valence-corrected chi connectivity index (χ3v) is 3.25. The van der Waals surface area contributed by atoms with Crippen molar-refractivity contribution in [2.24, 2.45) is 0 Å². The standard InChI is InChI=1S/C15H19NO5/c1-2-21-15(20)13(18)12(17)9-3-5-10(6-4-9)14(19)16-11-7-8-11/h3-6,11-13,17-18H,2,7-8H2,1H3,(H,16,19). The second-order valence-corrected chi connectivity index (χ2v) is 5.01. The fourth-order valence-electron chi connectivity index (χ4n) is 1.87. The van der Waals surface area contributed by atoms with Crippen molar-refractivity contribution in [1.29, 1.82) is 0 Å². The Morgan fingerprint density at radius 2 is 1.90 bits per heavy atom. The highest BCUT2D eigenvalue weighted by molar-refractivity contribution is 5.94. The molecule has 2 unspecified atom stereocenters. The minimum atomic E-state index is -1.64. The van der Waals surface area contributed by atoms with E-state index >= 15 is 0 Å². The quantitative estimate of drug-likeness (QED) is 0.665. The predicted octanol–water partition coefficient (Wildman–Crippen LogP) is 0.536. The first-order valence-corrected chi connectivity index (χ1v) is 6.96. The van der Waals surface area contributed by atoms with Gasteiger partial charge in [-0.1, -0.05) is 12.1 Å². The van der Waals surface area contributed by atoms with Crippen LogP contribution in [0, 0.1) is 0 Å². The van der Waals surface area contributed by atoms with Crippen LogP contribution in [-0.4, -0.2) is 40.8 Å². The van der Waals surface area contributed by atoms with Crippen LogP contribution in [0.1, 0.15) is 41.8 Å². The number of amides is 1. The van der Waals surface area contributed by atoms with Gasteiger partial charge in [0.15, 0.2) is 6.10 Å². The summed E-state index contributed by atoms with van der Waals surface area (Å²) in [6, 6.07) is 6.39. The number of aliphatic hydroxyl groups excluding tert-OH is 2. The van der Waals surface area contributed by atoms with Crippen molar-refractivity contribution >= 4 is 11.9 Å². The molecule has 2 atom stereocenters. The Labute approximate surface area is 122 Å². The number of rotatable bonds is 6. The van der Waals surface area contributed by atoms with E-state index in [4.69, 9.17) is 0 Å². The molecule has 0 aromatic heterocycles. The van der Waals surface area contributed by atoms with E-state index in [1.165, 1.54) is 12.1 Å². The molecule has 0 heterocycles. The Morgan fingerprint density at radius 1 is 1.29 bits per heavy atom. The molecule has 0 aliphatic heterocycles. The van der Waals surface area contributed by atoms with Crippen LogP contribution in [0.25, 0.3) is 0 Å². The Morgan fingerprint density at radius 3 is 2.43 bits per heavy atom. The van der Waals surface area contributed by atoms with Crippen LogP contribution in [0.2, 0.25) is 0 Å². The van der Waals surface area contributed by atoms with E-state index in [2.05, 4.69) is 10.1 Å². The lowest BCUT2D eigenvalue weighted by Crippen LogP contribution is -2.30. The topological polar surface area (TPSA) is 95.9 Å². The smallest absolute Gasteiger partial charge is 0.338 e. The van der Waals surface area contributed by atoms with Crippen LogP contribution >= 0.6 is 0 Å². The summed E-state index contributed by atoms with van der Waals surface area (Å²) in [6.45, 7) is 1.74. The molecule has 1 aromatic rings. The lowest BCUT2D eigenvalue weighted by atomic mass is 10.0. The summed E-state index contributed by atoms with van der Waals surface area (Å²) < 4.78 is 4.65. The van der Waals surface area contributed by atoms with Crippen molar-refractivity contribution in [3.8, 4) is 0 Å². The zero-order valence-corrected chi connectivity index (χ0v) is 11.8. The number of esters is 1. The van der Waals surface area contributed by atoms with E-state index in [0.29, 0.717) is 11.1 Å². The molecule has 0 bridgehead atoms. The summed E-state index contributed by atoms with van der Waals surface area (Å²) in [5.74, 6) is -1.04. The fourth-order valence-corrected chi connectivity index (χ4v) is 1.87. The number of hydrogen-bond acceptors (Lipinski definition) is 5. The van der Waals surface area contributed by atoms with Crippen molar-refractivity contribution in [1.82, 2.24) is 5.32 Å². The van der Waals surface area contributed by atoms with Crippen molar-refractivity contribution in [2.75, 3.05) is 6.61 Å². The van der Waals surface area contributed by atoms with Gasteiger partial charge in [0, 0.05) is 11.6 Å². The summed E-state index contributed by atoms with van der Waals surface area (Å²) >= 11 is 0. The van der Waals surface area contributed by atoms with Gasteiger partial charge < -0.3 is 20.3 Å². The van der Waals surface area contributed by atoms with Gasteiger partial charge in [-0.2, -0.15) is 0 Å². The highest BCUT2D eigenvalue weighted by Gasteiger charge is 2.27. The third kappa shape index (κ3) is 4.03. The SMILES string of the molecule is CCOC(=O)C(O)C(O)c1ccc(C(=O)NC2CC2)cc1. The lowest BCUT2D eigenvalue weighted by Gasteiger charge is -2.17. The predicted molar refractivity (Wildman–Crippen MR) is 74.5 cm³/mol. The van der Waals surface area contributed by atoms with Crippen molar-refractivity contribution in [3.05, 3.63) is 35.4 Å². The number of aliphatic hydroxyl groups is 2. The van der Waals surface area contributed by atoms with Gasteiger partial charge in [0.1, 0.15) is 6.10 Å². The Bertz CT molecular complexity index is 509. The molecule has 3 N–H and O–H groups in total. The van der Waals surface area contributed by atoms with Crippen LogP contribution < -0.4 is 5.32 Å². The van der Waals surface area contributed by atoms with E-state index < -0.39 is 18.2 Å². The van der Waals surface area contributed by atoms with Crippen LogP contribution in [0.4, 0.5) is 0 Å². The first-order chi connectivity index (χ1) is 10.0. The molecule has 0 radical (unpaired) electrons. The van der Waals surface area contributed by atoms with E-state index in [9.17, 15) is 19.8 Å². The second kappa shape index (κ2) is 6.69. The number of ether oxygens (including phenoxy) is 1. The van der Waals surface area contributed by atoms with Gasteiger partial charge >= 0.3 is 5.97 Å². The Kier molecular flexibility index (Phi) is 4.93. The fraction of sp³-hybridized carbons (Fsp3) is 0.467. The highest BCUT2D eigenvalue weighted by atomic mass is 16.5. The molecule has 0 saturated heterocycles. The van der Waals surface area contributed by atoms with E-state index in [-0.39, 0.29) is 18.6 Å². The maximum absolute atomic E-state index is 11.8. The first-order valence-electron chi connectivity index (χ1n) is 6.96. The Hall–Kier alpha value is -1.92.